The van der Waals surface area contributed by atoms with Gasteiger partial charge in [0.05, 0.1) is 11.2 Å². The summed E-state index contributed by atoms with van der Waals surface area (Å²) in [6.45, 7) is 5.90. The smallest absolute Gasteiger partial charge is 0.201 e. The fourth-order valence-corrected chi connectivity index (χ4v) is 3.77. The monoisotopic (exact) mass is 329 g/mol. The highest BCUT2D eigenvalue weighted by atomic mass is 32.2. The van der Waals surface area contributed by atoms with Crippen LogP contribution in [0.3, 0.4) is 0 Å². The van der Waals surface area contributed by atoms with Gasteiger partial charge in [-0.05, 0) is 44.5 Å². The fourth-order valence-electron chi connectivity index (χ4n) is 2.49. The summed E-state index contributed by atoms with van der Waals surface area (Å²) >= 11 is 0. The molecule has 2 heterocycles. The number of benzene rings is 1. The molecule has 3 aromatic rings. The molecule has 3 rings (SSSR count). The third-order valence-electron chi connectivity index (χ3n) is 3.75. The largest absolute Gasteiger partial charge is 0.270 e. The van der Waals surface area contributed by atoms with Crippen LogP contribution in [-0.2, 0) is 15.6 Å². The van der Waals surface area contributed by atoms with Gasteiger partial charge in [-0.25, -0.2) is 13.4 Å². The van der Waals surface area contributed by atoms with Crippen LogP contribution in [0.4, 0.5) is 0 Å². The van der Waals surface area contributed by atoms with Crippen molar-refractivity contribution in [2.75, 3.05) is 0 Å². The van der Waals surface area contributed by atoms with Crippen molar-refractivity contribution in [1.82, 2.24) is 14.8 Å². The van der Waals surface area contributed by atoms with Crippen molar-refractivity contribution < 1.29 is 8.42 Å². The van der Waals surface area contributed by atoms with Gasteiger partial charge in [0.25, 0.3) is 0 Å². The topological polar surface area (TPSA) is 64.8 Å². The molecular weight excluding hydrogens is 310 g/mol. The molecule has 0 atom stereocenters. The lowest BCUT2D eigenvalue weighted by Crippen LogP contribution is -2.09. The van der Waals surface area contributed by atoms with Gasteiger partial charge in [0.2, 0.25) is 9.84 Å². The molecule has 6 heteroatoms. The van der Waals surface area contributed by atoms with E-state index in [1.165, 1.54) is 0 Å². The lowest BCUT2D eigenvalue weighted by atomic mass is 10.1. The van der Waals surface area contributed by atoms with Crippen LogP contribution in [0.15, 0.2) is 47.6 Å². The van der Waals surface area contributed by atoms with E-state index < -0.39 is 9.84 Å². The van der Waals surface area contributed by atoms with Crippen LogP contribution in [0.5, 0.6) is 0 Å². The van der Waals surface area contributed by atoms with Crippen LogP contribution in [-0.4, -0.2) is 23.2 Å². The summed E-state index contributed by atoms with van der Waals surface area (Å²) in [5.41, 5.74) is 2.13. The fraction of sp³-hybridized carbons (Fsp3) is 0.294. The van der Waals surface area contributed by atoms with E-state index in [4.69, 9.17) is 0 Å². The molecule has 1 aromatic carbocycles. The number of nitrogens with zero attached hydrogens (tertiary/aromatic N) is 3. The molecule has 0 aliphatic rings. The quantitative estimate of drug-likeness (QED) is 0.737. The standard InChI is InChI=1S/C17H19N3O2S/c1-12(2)20-9-8-14(19-20)11-23(21,22)17-10-13(3)15-6-4-5-7-16(15)18-17/h4-10,12H,11H2,1-3H3. The Morgan fingerprint density at radius 3 is 2.61 bits per heavy atom. The van der Waals surface area contributed by atoms with Crippen molar-refractivity contribution >= 4 is 20.7 Å². The third kappa shape index (κ3) is 3.12. The van der Waals surface area contributed by atoms with E-state index in [0.717, 1.165) is 10.9 Å². The number of hydrogen-bond acceptors (Lipinski definition) is 4. The Labute approximate surface area is 135 Å². The van der Waals surface area contributed by atoms with Crippen molar-refractivity contribution in [3.8, 4) is 0 Å². The summed E-state index contributed by atoms with van der Waals surface area (Å²) in [4.78, 5) is 4.32. The molecule has 0 unspecified atom stereocenters. The minimum absolute atomic E-state index is 0.104. The van der Waals surface area contributed by atoms with Gasteiger partial charge in [0.1, 0.15) is 5.75 Å². The normalized spacial score (nSPS) is 12.2. The van der Waals surface area contributed by atoms with Gasteiger partial charge in [-0.2, -0.15) is 5.10 Å². The molecule has 0 spiro atoms. The van der Waals surface area contributed by atoms with Crippen molar-refractivity contribution in [1.29, 1.82) is 0 Å². The maximum atomic E-state index is 12.7. The zero-order valence-corrected chi connectivity index (χ0v) is 14.2. The number of sulfone groups is 1. The van der Waals surface area contributed by atoms with Gasteiger partial charge in [-0.15, -0.1) is 0 Å². The van der Waals surface area contributed by atoms with Crippen LogP contribution < -0.4 is 0 Å². The first-order valence-electron chi connectivity index (χ1n) is 7.50. The Morgan fingerprint density at radius 2 is 1.91 bits per heavy atom. The molecule has 0 aliphatic heterocycles. The average Bonchev–Trinajstić information content (AvgIpc) is 2.95. The third-order valence-corrected chi connectivity index (χ3v) is 5.27. The minimum atomic E-state index is -3.53. The van der Waals surface area contributed by atoms with E-state index in [1.807, 2.05) is 45.0 Å². The van der Waals surface area contributed by atoms with E-state index in [0.29, 0.717) is 11.2 Å². The Bertz CT molecular complexity index is 959. The second kappa shape index (κ2) is 5.77. The summed E-state index contributed by atoms with van der Waals surface area (Å²) in [6, 6.07) is 11.1. The van der Waals surface area contributed by atoms with E-state index in [1.54, 1.807) is 23.0 Å². The van der Waals surface area contributed by atoms with Crippen LogP contribution in [0, 0.1) is 6.92 Å². The Kier molecular flexibility index (Phi) is 3.93. The molecule has 0 amide bonds. The Morgan fingerprint density at radius 1 is 1.17 bits per heavy atom. The highest BCUT2D eigenvalue weighted by Gasteiger charge is 2.20. The maximum absolute atomic E-state index is 12.7. The molecule has 2 aromatic heterocycles. The average molecular weight is 329 g/mol. The molecule has 0 bridgehead atoms. The first kappa shape index (κ1) is 15.7. The Hall–Kier alpha value is -2.21. The number of aromatic nitrogens is 3. The number of para-hydroxylation sites is 1. The van der Waals surface area contributed by atoms with Crippen molar-refractivity contribution in [3.63, 3.8) is 0 Å². The van der Waals surface area contributed by atoms with Crippen LogP contribution in [0.25, 0.3) is 10.9 Å². The molecule has 0 fully saturated rings. The van der Waals surface area contributed by atoms with E-state index >= 15 is 0 Å². The summed E-state index contributed by atoms with van der Waals surface area (Å²) in [5.74, 6) is -0.141. The first-order chi connectivity index (χ1) is 10.9. The molecule has 23 heavy (non-hydrogen) atoms. The van der Waals surface area contributed by atoms with Gasteiger partial charge in [0.15, 0.2) is 5.03 Å². The van der Waals surface area contributed by atoms with Gasteiger partial charge in [-0.3, -0.25) is 4.68 Å². The van der Waals surface area contributed by atoms with Crippen LogP contribution in [0.1, 0.15) is 31.1 Å². The van der Waals surface area contributed by atoms with Crippen molar-refractivity contribution in [3.05, 3.63) is 53.9 Å². The number of pyridine rings is 1. The van der Waals surface area contributed by atoms with E-state index in [2.05, 4.69) is 10.1 Å². The van der Waals surface area contributed by atoms with Crippen molar-refractivity contribution in [2.24, 2.45) is 0 Å². The summed E-state index contributed by atoms with van der Waals surface area (Å²) in [5, 5.41) is 5.39. The molecule has 5 nitrogen and oxygen atoms in total. The van der Waals surface area contributed by atoms with Gasteiger partial charge >= 0.3 is 0 Å². The van der Waals surface area contributed by atoms with Crippen molar-refractivity contribution in [2.45, 2.75) is 37.6 Å². The molecule has 0 saturated carbocycles. The molecular formula is C17H19N3O2S. The van der Waals surface area contributed by atoms with E-state index in [9.17, 15) is 8.42 Å². The highest BCUT2D eigenvalue weighted by Crippen LogP contribution is 2.22. The number of fused-ring (bicyclic) bond motifs is 1. The second-order valence-electron chi connectivity index (χ2n) is 5.93. The van der Waals surface area contributed by atoms with Gasteiger partial charge < -0.3 is 0 Å². The number of hydrogen-bond donors (Lipinski definition) is 0. The number of aryl methyl sites for hydroxylation is 1. The van der Waals surface area contributed by atoms with Crippen LogP contribution in [0.2, 0.25) is 0 Å². The van der Waals surface area contributed by atoms with E-state index in [-0.39, 0.29) is 16.8 Å². The molecule has 120 valence electrons. The molecule has 0 N–H and O–H groups in total. The highest BCUT2D eigenvalue weighted by molar-refractivity contribution is 7.90. The number of rotatable bonds is 4. The first-order valence-corrected chi connectivity index (χ1v) is 9.15. The maximum Gasteiger partial charge on any atom is 0.201 e. The second-order valence-corrected chi connectivity index (χ2v) is 7.87. The predicted octanol–water partition coefficient (Wildman–Crippen LogP) is 3.29. The molecule has 0 aliphatic carbocycles. The lowest BCUT2D eigenvalue weighted by Gasteiger charge is -2.07. The van der Waals surface area contributed by atoms with Crippen LogP contribution >= 0.6 is 0 Å². The summed E-state index contributed by atoms with van der Waals surface area (Å²) < 4.78 is 27.1. The SMILES string of the molecule is Cc1cc(S(=O)(=O)Cc2ccn(C(C)C)n2)nc2ccccc12. The minimum Gasteiger partial charge on any atom is -0.270 e. The van der Waals surface area contributed by atoms with Gasteiger partial charge in [-0.1, -0.05) is 18.2 Å². The molecule has 0 radical (unpaired) electrons. The zero-order chi connectivity index (χ0) is 16.6. The summed E-state index contributed by atoms with van der Waals surface area (Å²) in [7, 11) is -3.53. The Balaban J connectivity index is 1.98. The van der Waals surface area contributed by atoms with Gasteiger partial charge in [0, 0.05) is 17.6 Å². The molecule has 0 saturated heterocycles. The lowest BCUT2D eigenvalue weighted by molar-refractivity contribution is 0.527. The predicted molar refractivity (Wildman–Crippen MR) is 90.0 cm³/mol. The summed E-state index contributed by atoms with van der Waals surface area (Å²) in [6.07, 6.45) is 1.80. The zero-order valence-electron chi connectivity index (χ0n) is 13.4.